The molecule has 126 valence electrons. The van der Waals surface area contributed by atoms with Crippen molar-refractivity contribution in [2.45, 2.75) is 12.8 Å². The molecule has 0 spiro atoms. The van der Waals surface area contributed by atoms with Crippen LogP contribution in [0.1, 0.15) is 17.7 Å². The molecule has 0 fully saturated rings. The van der Waals surface area contributed by atoms with Gasteiger partial charge in [-0.1, -0.05) is 42.5 Å². The molecule has 0 N–H and O–H groups in total. The standard InChI is InChI=1S/C23H16BrNO/c24-20-14-25-21(13-18(20)15-6-2-1-3-7-15)16-10-11-23-19(12-16)17-8-4-5-9-22(17)26-23/h1-4,6-8,10-14H,5,9H2. The van der Waals surface area contributed by atoms with E-state index in [1.54, 1.807) is 0 Å². The summed E-state index contributed by atoms with van der Waals surface area (Å²) in [4.78, 5) is 4.64. The Bertz CT molecular complexity index is 1140. The summed E-state index contributed by atoms with van der Waals surface area (Å²) in [5.74, 6) is 1.09. The van der Waals surface area contributed by atoms with E-state index in [9.17, 15) is 0 Å². The van der Waals surface area contributed by atoms with E-state index in [4.69, 9.17) is 4.42 Å². The van der Waals surface area contributed by atoms with Gasteiger partial charge in [0.15, 0.2) is 0 Å². The van der Waals surface area contributed by atoms with Crippen LogP contribution in [0.5, 0.6) is 0 Å². The molecule has 26 heavy (non-hydrogen) atoms. The van der Waals surface area contributed by atoms with Crippen molar-refractivity contribution in [2.75, 3.05) is 0 Å². The number of benzene rings is 2. The Morgan fingerprint density at radius 2 is 1.85 bits per heavy atom. The average molecular weight is 402 g/mol. The van der Waals surface area contributed by atoms with Gasteiger partial charge in [-0.05, 0) is 57.7 Å². The fourth-order valence-corrected chi connectivity index (χ4v) is 3.99. The number of aromatic nitrogens is 1. The summed E-state index contributed by atoms with van der Waals surface area (Å²) in [6, 6.07) is 18.9. The Kier molecular flexibility index (Phi) is 3.75. The van der Waals surface area contributed by atoms with Crippen LogP contribution in [-0.2, 0) is 6.42 Å². The van der Waals surface area contributed by atoms with Crippen molar-refractivity contribution in [3.8, 4) is 22.4 Å². The first-order chi connectivity index (χ1) is 12.8. The van der Waals surface area contributed by atoms with Crippen LogP contribution < -0.4 is 0 Å². The molecule has 0 unspecified atom stereocenters. The van der Waals surface area contributed by atoms with E-state index in [1.807, 2.05) is 12.3 Å². The summed E-state index contributed by atoms with van der Waals surface area (Å²) < 4.78 is 7.01. The maximum atomic E-state index is 6.01. The first-order valence-electron chi connectivity index (χ1n) is 8.73. The third-order valence-corrected chi connectivity index (χ3v) is 5.49. The van der Waals surface area contributed by atoms with Crippen LogP contribution in [0.2, 0.25) is 0 Å². The normalized spacial score (nSPS) is 13.1. The Morgan fingerprint density at radius 3 is 2.73 bits per heavy atom. The van der Waals surface area contributed by atoms with Gasteiger partial charge in [0, 0.05) is 33.6 Å². The number of nitrogens with zero attached hydrogens (tertiary/aromatic N) is 1. The lowest BCUT2D eigenvalue weighted by Gasteiger charge is -2.08. The molecule has 3 heteroatoms. The number of hydrogen-bond donors (Lipinski definition) is 0. The van der Waals surface area contributed by atoms with Crippen molar-refractivity contribution in [3.63, 3.8) is 0 Å². The minimum Gasteiger partial charge on any atom is -0.460 e. The molecule has 0 saturated heterocycles. The van der Waals surface area contributed by atoms with Gasteiger partial charge in [-0.2, -0.15) is 0 Å². The van der Waals surface area contributed by atoms with E-state index in [1.165, 1.54) is 16.5 Å². The number of fused-ring (bicyclic) bond motifs is 3. The number of pyridine rings is 1. The third kappa shape index (κ3) is 2.60. The molecule has 0 bridgehead atoms. The zero-order valence-electron chi connectivity index (χ0n) is 14.1. The lowest BCUT2D eigenvalue weighted by molar-refractivity contribution is 0.546. The molecule has 0 saturated carbocycles. The molecule has 4 aromatic rings. The second-order valence-electron chi connectivity index (χ2n) is 6.51. The maximum Gasteiger partial charge on any atom is 0.134 e. The van der Waals surface area contributed by atoms with E-state index in [2.05, 4.69) is 81.6 Å². The van der Waals surface area contributed by atoms with E-state index in [0.717, 1.165) is 45.5 Å². The van der Waals surface area contributed by atoms with E-state index >= 15 is 0 Å². The number of hydrogen-bond acceptors (Lipinski definition) is 2. The SMILES string of the molecule is Brc1cnc(-c2ccc3oc4c(c3c2)C=CCC4)cc1-c1ccccc1. The third-order valence-electron chi connectivity index (χ3n) is 4.86. The van der Waals surface area contributed by atoms with E-state index in [0.29, 0.717) is 0 Å². The predicted octanol–water partition coefficient (Wildman–Crippen LogP) is 6.88. The smallest absolute Gasteiger partial charge is 0.134 e. The fraction of sp³-hybridized carbons (Fsp3) is 0.0870. The van der Waals surface area contributed by atoms with Gasteiger partial charge >= 0.3 is 0 Å². The number of furan rings is 1. The Morgan fingerprint density at radius 1 is 0.962 bits per heavy atom. The maximum absolute atomic E-state index is 6.01. The van der Waals surface area contributed by atoms with Crippen LogP contribution in [0.4, 0.5) is 0 Å². The van der Waals surface area contributed by atoms with Gasteiger partial charge < -0.3 is 4.42 Å². The molecule has 2 heterocycles. The summed E-state index contributed by atoms with van der Waals surface area (Å²) in [5.41, 5.74) is 6.55. The van der Waals surface area contributed by atoms with Crippen LogP contribution in [0.15, 0.2) is 75.8 Å². The number of allylic oxidation sites excluding steroid dienone is 1. The van der Waals surface area contributed by atoms with Crippen molar-refractivity contribution in [1.82, 2.24) is 4.98 Å². The van der Waals surface area contributed by atoms with Crippen molar-refractivity contribution < 1.29 is 4.42 Å². The van der Waals surface area contributed by atoms with Gasteiger partial charge in [0.1, 0.15) is 11.3 Å². The molecular formula is C23H16BrNO. The highest BCUT2D eigenvalue weighted by Crippen LogP contribution is 2.35. The highest BCUT2D eigenvalue weighted by atomic mass is 79.9. The average Bonchev–Trinajstić information content (AvgIpc) is 3.07. The zero-order valence-corrected chi connectivity index (χ0v) is 15.7. The number of rotatable bonds is 2. The molecule has 2 aromatic carbocycles. The number of aryl methyl sites for hydroxylation is 1. The molecule has 5 rings (SSSR count). The Balaban J connectivity index is 1.65. The van der Waals surface area contributed by atoms with Gasteiger partial charge in [-0.25, -0.2) is 0 Å². The highest BCUT2D eigenvalue weighted by Gasteiger charge is 2.15. The molecular weight excluding hydrogens is 386 g/mol. The molecule has 1 aliphatic rings. The van der Waals surface area contributed by atoms with E-state index in [-0.39, 0.29) is 0 Å². The van der Waals surface area contributed by atoms with Crippen LogP contribution in [0, 0.1) is 0 Å². The molecule has 2 nitrogen and oxygen atoms in total. The first-order valence-corrected chi connectivity index (χ1v) is 9.52. The lowest BCUT2D eigenvalue weighted by atomic mass is 9.99. The number of halogens is 1. The summed E-state index contributed by atoms with van der Waals surface area (Å²) in [5, 5.41) is 1.17. The Labute approximate surface area is 160 Å². The molecule has 0 radical (unpaired) electrons. The summed E-state index contributed by atoms with van der Waals surface area (Å²) in [7, 11) is 0. The second kappa shape index (κ2) is 6.26. The van der Waals surface area contributed by atoms with Gasteiger partial charge in [-0.3, -0.25) is 4.98 Å². The molecule has 0 atom stereocenters. The lowest BCUT2D eigenvalue weighted by Crippen LogP contribution is -1.89. The molecule has 1 aliphatic carbocycles. The summed E-state index contributed by atoms with van der Waals surface area (Å²) in [6.45, 7) is 0. The molecule has 2 aromatic heterocycles. The van der Waals surface area contributed by atoms with Gasteiger partial charge in [0.2, 0.25) is 0 Å². The Hall–Kier alpha value is -2.65. The first kappa shape index (κ1) is 15.6. The predicted molar refractivity (Wildman–Crippen MR) is 110 cm³/mol. The fourth-order valence-electron chi connectivity index (χ4n) is 3.55. The second-order valence-corrected chi connectivity index (χ2v) is 7.36. The van der Waals surface area contributed by atoms with Crippen molar-refractivity contribution >= 4 is 33.0 Å². The topological polar surface area (TPSA) is 26.0 Å². The van der Waals surface area contributed by atoms with Gasteiger partial charge in [-0.15, -0.1) is 0 Å². The van der Waals surface area contributed by atoms with E-state index < -0.39 is 0 Å². The molecule has 0 amide bonds. The van der Waals surface area contributed by atoms with Crippen LogP contribution in [-0.4, -0.2) is 4.98 Å². The summed E-state index contributed by atoms with van der Waals surface area (Å²) >= 11 is 3.64. The monoisotopic (exact) mass is 401 g/mol. The minimum absolute atomic E-state index is 0.950. The van der Waals surface area contributed by atoms with Gasteiger partial charge in [0.05, 0.1) is 5.69 Å². The highest BCUT2D eigenvalue weighted by molar-refractivity contribution is 9.10. The van der Waals surface area contributed by atoms with Gasteiger partial charge in [0.25, 0.3) is 0 Å². The summed E-state index contributed by atoms with van der Waals surface area (Å²) in [6.07, 6.45) is 8.31. The minimum atomic E-state index is 0.950. The van der Waals surface area contributed by atoms with Crippen molar-refractivity contribution in [3.05, 3.63) is 82.7 Å². The quantitative estimate of drug-likeness (QED) is 0.365. The zero-order chi connectivity index (χ0) is 17.5. The largest absolute Gasteiger partial charge is 0.460 e. The van der Waals surface area contributed by atoms with Crippen molar-refractivity contribution in [1.29, 1.82) is 0 Å². The van der Waals surface area contributed by atoms with Crippen LogP contribution >= 0.6 is 15.9 Å². The van der Waals surface area contributed by atoms with Crippen molar-refractivity contribution in [2.24, 2.45) is 0 Å². The van der Waals surface area contributed by atoms with Crippen LogP contribution in [0.3, 0.4) is 0 Å². The van der Waals surface area contributed by atoms with Crippen LogP contribution in [0.25, 0.3) is 39.4 Å². The molecule has 0 aliphatic heterocycles.